The van der Waals surface area contributed by atoms with Gasteiger partial charge in [0.05, 0.1) is 0 Å². The molecule has 56 valence electrons. The van der Waals surface area contributed by atoms with E-state index in [1.165, 1.54) is 0 Å². The van der Waals surface area contributed by atoms with Crippen molar-refractivity contribution < 1.29 is 10.2 Å². The summed E-state index contributed by atoms with van der Waals surface area (Å²) >= 11 is 0. The van der Waals surface area contributed by atoms with Gasteiger partial charge in [-0.05, 0) is 13.3 Å². The van der Waals surface area contributed by atoms with Crippen LogP contribution in [0, 0.1) is 5.92 Å². The molecule has 0 aromatic carbocycles. The minimum atomic E-state index is -0.0370. The summed E-state index contributed by atoms with van der Waals surface area (Å²) in [5.74, 6) is -0.0370. The fraction of sp³-hybridized carbons (Fsp3) is 1.00. The molecule has 3 heteroatoms. The van der Waals surface area contributed by atoms with E-state index in [1.54, 1.807) is 0 Å². The molecule has 0 aliphatic rings. The molecule has 0 rings (SSSR count). The van der Waals surface area contributed by atoms with Crippen LogP contribution in [-0.4, -0.2) is 29.5 Å². The predicted octanol–water partition coefficient (Wildman–Crippen LogP) is -0.675. The topological polar surface area (TPSA) is 66.5 Å². The van der Waals surface area contributed by atoms with Crippen molar-refractivity contribution in [2.45, 2.75) is 19.4 Å². The first-order chi connectivity index (χ1) is 4.20. The molecule has 0 saturated heterocycles. The second-order valence-electron chi connectivity index (χ2n) is 2.44. The van der Waals surface area contributed by atoms with Crippen molar-refractivity contribution in [2.75, 3.05) is 13.2 Å². The van der Waals surface area contributed by atoms with E-state index < -0.39 is 0 Å². The van der Waals surface area contributed by atoms with E-state index in [1.807, 2.05) is 6.92 Å². The van der Waals surface area contributed by atoms with Crippen LogP contribution in [0.5, 0.6) is 0 Å². The first-order valence-electron chi connectivity index (χ1n) is 3.18. The van der Waals surface area contributed by atoms with E-state index in [0.717, 1.165) is 0 Å². The van der Waals surface area contributed by atoms with Crippen molar-refractivity contribution >= 4 is 0 Å². The third-order valence-corrected chi connectivity index (χ3v) is 1.22. The van der Waals surface area contributed by atoms with Crippen molar-refractivity contribution in [2.24, 2.45) is 11.7 Å². The second-order valence-corrected chi connectivity index (χ2v) is 2.44. The van der Waals surface area contributed by atoms with E-state index in [4.69, 9.17) is 15.9 Å². The summed E-state index contributed by atoms with van der Waals surface area (Å²) in [7, 11) is 0. The molecule has 0 bridgehead atoms. The average molecular weight is 133 g/mol. The summed E-state index contributed by atoms with van der Waals surface area (Å²) in [6.45, 7) is 1.91. The lowest BCUT2D eigenvalue weighted by molar-refractivity contribution is 0.139. The van der Waals surface area contributed by atoms with Gasteiger partial charge in [-0.1, -0.05) is 0 Å². The highest BCUT2D eigenvalue weighted by atomic mass is 16.3. The number of hydrogen-bond donors (Lipinski definition) is 3. The van der Waals surface area contributed by atoms with E-state index in [9.17, 15) is 0 Å². The van der Waals surface area contributed by atoms with Gasteiger partial charge in [-0.25, -0.2) is 0 Å². The molecule has 0 radical (unpaired) electrons. The van der Waals surface area contributed by atoms with Gasteiger partial charge >= 0.3 is 0 Å². The molecule has 0 aromatic rings. The van der Waals surface area contributed by atoms with Gasteiger partial charge < -0.3 is 15.9 Å². The van der Waals surface area contributed by atoms with Gasteiger partial charge in [0.2, 0.25) is 0 Å². The summed E-state index contributed by atoms with van der Waals surface area (Å²) in [5, 5.41) is 17.1. The van der Waals surface area contributed by atoms with Crippen LogP contribution in [0.3, 0.4) is 0 Å². The molecule has 0 fully saturated rings. The Hall–Kier alpha value is -0.120. The average Bonchev–Trinajstić information content (AvgIpc) is 1.82. The standard InChI is InChI=1S/C6H15NO2/c1-5(7)2-6(3-8)4-9/h5-6,8-9H,2-4,7H2,1H3. The fourth-order valence-electron chi connectivity index (χ4n) is 0.733. The van der Waals surface area contributed by atoms with Crippen LogP contribution in [0.4, 0.5) is 0 Å². The molecule has 4 N–H and O–H groups in total. The summed E-state index contributed by atoms with van der Waals surface area (Å²) in [5.41, 5.74) is 5.42. The Kier molecular flexibility index (Phi) is 4.67. The van der Waals surface area contributed by atoms with Crippen LogP contribution in [0.2, 0.25) is 0 Å². The molecule has 0 spiro atoms. The van der Waals surface area contributed by atoms with Crippen LogP contribution in [0.15, 0.2) is 0 Å². The molecule has 1 unspecified atom stereocenters. The Morgan fingerprint density at radius 3 is 1.89 bits per heavy atom. The van der Waals surface area contributed by atoms with Gasteiger partial charge in [-0.15, -0.1) is 0 Å². The minimum Gasteiger partial charge on any atom is -0.396 e. The maximum Gasteiger partial charge on any atom is 0.0481 e. The molecule has 1 atom stereocenters. The Bertz CT molecular complexity index is 62.1. The van der Waals surface area contributed by atoms with Gasteiger partial charge in [0, 0.05) is 25.2 Å². The highest BCUT2D eigenvalue weighted by Gasteiger charge is 2.07. The van der Waals surface area contributed by atoms with Gasteiger partial charge in [0.1, 0.15) is 0 Å². The van der Waals surface area contributed by atoms with Crippen molar-refractivity contribution in [1.29, 1.82) is 0 Å². The molecule has 3 nitrogen and oxygen atoms in total. The molecule has 9 heavy (non-hydrogen) atoms. The Labute approximate surface area is 55.5 Å². The van der Waals surface area contributed by atoms with Crippen LogP contribution >= 0.6 is 0 Å². The Balaban J connectivity index is 3.31. The smallest absolute Gasteiger partial charge is 0.0481 e. The van der Waals surface area contributed by atoms with Gasteiger partial charge in [-0.3, -0.25) is 0 Å². The first kappa shape index (κ1) is 8.88. The van der Waals surface area contributed by atoms with E-state index in [0.29, 0.717) is 6.42 Å². The maximum absolute atomic E-state index is 8.56. The molecule has 0 heterocycles. The number of nitrogens with two attached hydrogens (primary N) is 1. The highest BCUT2D eigenvalue weighted by molar-refractivity contribution is 4.61. The van der Waals surface area contributed by atoms with Crippen LogP contribution < -0.4 is 5.73 Å². The number of hydrogen-bond acceptors (Lipinski definition) is 3. The van der Waals surface area contributed by atoms with Crippen molar-refractivity contribution in [1.82, 2.24) is 0 Å². The molecular formula is C6H15NO2. The zero-order valence-electron chi connectivity index (χ0n) is 5.75. The van der Waals surface area contributed by atoms with E-state index in [2.05, 4.69) is 0 Å². The van der Waals surface area contributed by atoms with Crippen molar-refractivity contribution in [3.05, 3.63) is 0 Å². The molecular weight excluding hydrogens is 118 g/mol. The minimum absolute atomic E-state index is 0.0258. The number of aliphatic hydroxyl groups excluding tert-OH is 2. The third kappa shape index (κ3) is 4.39. The molecule has 0 aliphatic heterocycles. The van der Waals surface area contributed by atoms with Crippen LogP contribution in [-0.2, 0) is 0 Å². The predicted molar refractivity (Wildman–Crippen MR) is 35.9 cm³/mol. The van der Waals surface area contributed by atoms with Crippen molar-refractivity contribution in [3.8, 4) is 0 Å². The fourth-order valence-corrected chi connectivity index (χ4v) is 0.733. The summed E-state index contributed by atoms with van der Waals surface area (Å²) < 4.78 is 0. The largest absolute Gasteiger partial charge is 0.396 e. The lowest BCUT2D eigenvalue weighted by Gasteiger charge is -2.12. The highest BCUT2D eigenvalue weighted by Crippen LogP contribution is 2.02. The summed E-state index contributed by atoms with van der Waals surface area (Å²) in [4.78, 5) is 0. The van der Waals surface area contributed by atoms with Gasteiger partial charge in [0.15, 0.2) is 0 Å². The SMILES string of the molecule is CC(N)CC(CO)CO. The lowest BCUT2D eigenvalue weighted by Crippen LogP contribution is -2.23. The maximum atomic E-state index is 8.56. The van der Waals surface area contributed by atoms with Crippen LogP contribution in [0.25, 0.3) is 0 Å². The quantitative estimate of drug-likeness (QED) is 0.476. The lowest BCUT2D eigenvalue weighted by atomic mass is 10.0. The monoisotopic (exact) mass is 133 g/mol. The summed E-state index contributed by atoms with van der Waals surface area (Å²) in [6, 6.07) is 0.0642. The Morgan fingerprint density at radius 2 is 1.78 bits per heavy atom. The van der Waals surface area contributed by atoms with Crippen LogP contribution in [0.1, 0.15) is 13.3 Å². The second kappa shape index (κ2) is 4.73. The van der Waals surface area contributed by atoms with Crippen molar-refractivity contribution in [3.63, 3.8) is 0 Å². The summed E-state index contributed by atoms with van der Waals surface area (Å²) in [6.07, 6.45) is 0.688. The zero-order chi connectivity index (χ0) is 7.28. The van der Waals surface area contributed by atoms with E-state index in [-0.39, 0.29) is 25.2 Å². The van der Waals surface area contributed by atoms with E-state index >= 15 is 0 Å². The molecule has 0 amide bonds. The third-order valence-electron chi connectivity index (χ3n) is 1.22. The molecule has 0 saturated carbocycles. The first-order valence-corrected chi connectivity index (χ1v) is 3.18. The number of aliphatic hydroxyl groups is 2. The normalized spacial score (nSPS) is 14.3. The molecule has 0 aromatic heterocycles. The van der Waals surface area contributed by atoms with Gasteiger partial charge in [0.25, 0.3) is 0 Å². The zero-order valence-corrected chi connectivity index (χ0v) is 5.75. The number of rotatable bonds is 4. The Morgan fingerprint density at radius 1 is 1.33 bits per heavy atom. The van der Waals surface area contributed by atoms with Gasteiger partial charge in [-0.2, -0.15) is 0 Å². The molecule has 0 aliphatic carbocycles.